The van der Waals surface area contributed by atoms with Gasteiger partial charge in [-0.15, -0.1) is 0 Å². The molecule has 0 aliphatic carbocycles. The van der Waals surface area contributed by atoms with Crippen molar-refractivity contribution in [3.63, 3.8) is 0 Å². The molecule has 240 valence electrons. The highest BCUT2D eigenvalue weighted by atomic mass is 19.4. The molecule has 1 aliphatic heterocycles. The van der Waals surface area contributed by atoms with Crippen LogP contribution in [0.5, 0.6) is 0 Å². The molecule has 6 nitrogen and oxygen atoms in total. The van der Waals surface area contributed by atoms with E-state index in [1.165, 1.54) is 23.4 Å². The summed E-state index contributed by atoms with van der Waals surface area (Å²) in [4.78, 5) is 28.7. The summed E-state index contributed by atoms with van der Waals surface area (Å²) in [6.45, 7) is 2.36. The van der Waals surface area contributed by atoms with Crippen LogP contribution in [0, 0.1) is 0 Å². The average Bonchev–Trinajstić information content (AvgIpc) is 3.47. The van der Waals surface area contributed by atoms with Gasteiger partial charge in [-0.3, -0.25) is 9.59 Å². The topological polar surface area (TPSA) is 66.4 Å². The van der Waals surface area contributed by atoms with Crippen LogP contribution in [0.4, 0.5) is 24.5 Å². The summed E-state index contributed by atoms with van der Waals surface area (Å²) in [6.07, 6.45) is -0.569. The van der Waals surface area contributed by atoms with Gasteiger partial charge in [0.25, 0.3) is 11.8 Å². The number of hydrogen-bond donors (Lipinski definition) is 2. The predicted octanol–water partition coefficient (Wildman–Crippen LogP) is 8.28. The first-order valence-electron chi connectivity index (χ1n) is 15.6. The summed E-state index contributed by atoms with van der Waals surface area (Å²) in [5.74, 6) is -0.135. The number of amides is 2. The molecule has 0 bridgehead atoms. The zero-order valence-corrected chi connectivity index (χ0v) is 25.9. The number of piperidine rings is 1. The van der Waals surface area contributed by atoms with Crippen LogP contribution in [0.1, 0.15) is 56.3 Å². The molecule has 4 aromatic carbocycles. The maximum absolute atomic E-state index is 13.3. The van der Waals surface area contributed by atoms with Gasteiger partial charge in [0.1, 0.15) is 5.69 Å². The molecule has 1 saturated heterocycles. The zero-order chi connectivity index (χ0) is 33.0. The second-order valence-electron chi connectivity index (χ2n) is 11.8. The van der Waals surface area contributed by atoms with E-state index in [0.29, 0.717) is 40.5 Å². The van der Waals surface area contributed by atoms with Gasteiger partial charge in [0.05, 0.1) is 11.3 Å². The van der Waals surface area contributed by atoms with Crippen molar-refractivity contribution in [1.82, 2.24) is 9.88 Å². The molecule has 1 aliphatic rings. The third-order valence-corrected chi connectivity index (χ3v) is 8.71. The second-order valence-corrected chi connectivity index (χ2v) is 11.8. The Hall–Kier alpha value is -5.31. The molecule has 0 radical (unpaired) electrons. The highest BCUT2D eigenvalue weighted by Crippen LogP contribution is 2.33. The summed E-state index contributed by atoms with van der Waals surface area (Å²) in [6, 6.07) is 31.9. The van der Waals surface area contributed by atoms with Gasteiger partial charge in [0, 0.05) is 44.1 Å². The maximum Gasteiger partial charge on any atom is 0.416 e. The average molecular weight is 637 g/mol. The number of benzene rings is 4. The molecule has 9 heteroatoms. The summed E-state index contributed by atoms with van der Waals surface area (Å²) in [5.41, 5.74) is 4.87. The number of rotatable bonds is 8. The Morgan fingerprint density at radius 2 is 1.47 bits per heavy atom. The third kappa shape index (κ3) is 7.41. The van der Waals surface area contributed by atoms with E-state index in [1.54, 1.807) is 48.1 Å². The fraction of sp³-hybridized carbons (Fsp3) is 0.211. The summed E-state index contributed by atoms with van der Waals surface area (Å²) >= 11 is 0. The highest BCUT2D eigenvalue weighted by molar-refractivity contribution is 6.09. The van der Waals surface area contributed by atoms with Crippen LogP contribution in [0.15, 0.2) is 115 Å². The number of carbonyl (C=O) groups excluding carboxylic acids is 2. The number of anilines is 2. The smallest absolute Gasteiger partial charge is 0.371 e. The number of hydrogen-bond acceptors (Lipinski definition) is 3. The molecule has 0 spiro atoms. The number of aryl methyl sites for hydroxylation is 1. The van der Waals surface area contributed by atoms with E-state index in [-0.39, 0.29) is 5.91 Å². The Morgan fingerprint density at radius 1 is 0.809 bits per heavy atom. The van der Waals surface area contributed by atoms with Gasteiger partial charge in [-0.1, -0.05) is 72.8 Å². The molecule has 0 atom stereocenters. The predicted molar refractivity (Wildman–Crippen MR) is 178 cm³/mol. The first-order chi connectivity index (χ1) is 22.7. The van der Waals surface area contributed by atoms with Crippen LogP contribution in [0.2, 0.25) is 0 Å². The summed E-state index contributed by atoms with van der Waals surface area (Å²) in [5, 5.41) is 5.78. The fourth-order valence-corrected chi connectivity index (χ4v) is 6.12. The molecule has 0 unspecified atom stereocenters. The molecule has 2 N–H and O–H groups in total. The SMILES string of the molecule is Cn1cc(NC(=O)c2ccccc2-c2ccc(C(F)(F)F)cc2)cc1C(=O)NCc1ccc(N2CCC(c3ccccc3)CC2)cc1. The Balaban J connectivity index is 1.04. The fourth-order valence-electron chi connectivity index (χ4n) is 6.12. The number of alkyl halides is 3. The molecular formula is C38H35F3N4O2. The van der Waals surface area contributed by atoms with Crippen molar-refractivity contribution in [1.29, 1.82) is 0 Å². The monoisotopic (exact) mass is 636 g/mol. The largest absolute Gasteiger partial charge is 0.416 e. The van der Waals surface area contributed by atoms with Crippen molar-refractivity contribution in [2.24, 2.45) is 7.05 Å². The number of aromatic nitrogens is 1. The van der Waals surface area contributed by atoms with E-state index in [1.807, 2.05) is 12.1 Å². The molecule has 1 fully saturated rings. The van der Waals surface area contributed by atoms with Gasteiger partial charge < -0.3 is 20.1 Å². The Labute approximate surface area is 271 Å². The first kappa shape index (κ1) is 31.7. The first-order valence-corrected chi connectivity index (χ1v) is 15.6. The summed E-state index contributed by atoms with van der Waals surface area (Å²) < 4.78 is 40.7. The van der Waals surface area contributed by atoms with E-state index in [9.17, 15) is 22.8 Å². The van der Waals surface area contributed by atoms with Gasteiger partial charge in [0.2, 0.25) is 0 Å². The van der Waals surface area contributed by atoms with Crippen molar-refractivity contribution in [2.75, 3.05) is 23.3 Å². The van der Waals surface area contributed by atoms with E-state index in [0.717, 1.165) is 43.6 Å². The lowest BCUT2D eigenvalue weighted by Gasteiger charge is -2.34. The van der Waals surface area contributed by atoms with Crippen molar-refractivity contribution < 1.29 is 22.8 Å². The minimum Gasteiger partial charge on any atom is -0.371 e. The molecule has 2 heterocycles. The van der Waals surface area contributed by atoms with Crippen LogP contribution in [0.25, 0.3) is 11.1 Å². The third-order valence-electron chi connectivity index (χ3n) is 8.71. The van der Waals surface area contributed by atoms with Crippen LogP contribution < -0.4 is 15.5 Å². The van der Waals surface area contributed by atoms with E-state index in [4.69, 9.17) is 0 Å². The van der Waals surface area contributed by atoms with E-state index in [2.05, 4.69) is 58.0 Å². The normalized spacial score (nSPS) is 13.7. The van der Waals surface area contributed by atoms with Crippen molar-refractivity contribution in [2.45, 2.75) is 31.5 Å². The van der Waals surface area contributed by atoms with Gasteiger partial charge in [-0.25, -0.2) is 0 Å². The Morgan fingerprint density at radius 3 is 2.15 bits per heavy atom. The van der Waals surface area contributed by atoms with Crippen molar-refractivity contribution in [3.8, 4) is 11.1 Å². The highest BCUT2D eigenvalue weighted by Gasteiger charge is 2.30. The molecule has 6 rings (SSSR count). The van der Waals surface area contributed by atoms with Gasteiger partial charge in [0.15, 0.2) is 0 Å². The van der Waals surface area contributed by atoms with Gasteiger partial charge in [-0.2, -0.15) is 13.2 Å². The van der Waals surface area contributed by atoms with Crippen molar-refractivity contribution in [3.05, 3.63) is 143 Å². The van der Waals surface area contributed by atoms with Gasteiger partial charge >= 0.3 is 6.18 Å². The van der Waals surface area contributed by atoms with Crippen LogP contribution >= 0.6 is 0 Å². The number of carbonyl (C=O) groups is 2. The molecular weight excluding hydrogens is 601 g/mol. The standard InChI is InChI=1S/C38H35F3N4O2/c1-44-25-31(43-36(46)34-10-6-5-9-33(34)29-13-15-30(16-14-29)38(39,40)41)23-35(44)37(47)42-24-26-11-17-32(18-12-26)45-21-19-28(20-22-45)27-7-3-2-4-8-27/h2-18,23,25,28H,19-22,24H2,1H3,(H,42,47)(H,43,46). The second kappa shape index (κ2) is 13.6. The van der Waals surface area contributed by atoms with E-state index >= 15 is 0 Å². The minimum atomic E-state index is -4.45. The van der Waals surface area contributed by atoms with Crippen molar-refractivity contribution >= 4 is 23.2 Å². The molecule has 5 aromatic rings. The lowest BCUT2D eigenvalue weighted by molar-refractivity contribution is -0.137. The Bertz CT molecular complexity index is 1840. The lowest BCUT2D eigenvalue weighted by atomic mass is 9.89. The van der Waals surface area contributed by atoms with E-state index < -0.39 is 17.6 Å². The number of halogens is 3. The molecule has 2 amide bonds. The molecule has 0 saturated carbocycles. The van der Waals surface area contributed by atoms with Crippen LogP contribution in [-0.4, -0.2) is 29.5 Å². The quantitative estimate of drug-likeness (QED) is 0.180. The lowest BCUT2D eigenvalue weighted by Crippen LogP contribution is -2.32. The Kier molecular flexibility index (Phi) is 9.15. The maximum atomic E-state index is 13.3. The van der Waals surface area contributed by atoms with Crippen LogP contribution in [-0.2, 0) is 19.8 Å². The minimum absolute atomic E-state index is 0.287. The van der Waals surface area contributed by atoms with Gasteiger partial charge in [-0.05, 0) is 77.4 Å². The number of nitrogens with one attached hydrogen (secondary N) is 2. The number of nitrogens with zero attached hydrogens (tertiary/aromatic N) is 2. The van der Waals surface area contributed by atoms with Crippen LogP contribution in [0.3, 0.4) is 0 Å². The molecule has 1 aromatic heterocycles. The summed E-state index contributed by atoms with van der Waals surface area (Å²) in [7, 11) is 1.72. The zero-order valence-electron chi connectivity index (χ0n) is 25.9. The molecule has 47 heavy (non-hydrogen) atoms.